The van der Waals surface area contributed by atoms with E-state index in [1.807, 2.05) is 17.5 Å². The van der Waals surface area contributed by atoms with Crippen LogP contribution >= 0.6 is 11.3 Å². The molecule has 28 heavy (non-hydrogen) atoms. The fourth-order valence-electron chi connectivity index (χ4n) is 5.29. The van der Waals surface area contributed by atoms with Gasteiger partial charge in [0, 0.05) is 23.8 Å². The summed E-state index contributed by atoms with van der Waals surface area (Å²) in [6, 6.07) is 10.3. The first-order chi connectivity index (χ1) is 13.7. The van der Waals surface area contributed by atoms with Crippen molar-refractivity contribution in [2.45, 2.75) is 62.4 Å². The molecule has 1 fully saturated rings. The van der Waals surface area contributed by atoms with Crippen molar-refractivity contribution in [1.82, 2.24) is 0 Å². The third kappa shape index (κ3) is 2.36. The van der Waals surface area contributed by atoms with Gasteiger partial charge in [-0.2, -0.15) is 11.3 Å². The minimum Gasteiger partial charge on any atom is -0.461 e. The van der Waals surface area contributed by atoms with E-state index < -0.39 is 17.5 Å². The summed E-state index contributed by atoms with van der Waals surface area (Å²) in [6.45, 7) is 0. The van der Waals surface area contributed by atoms with E-state index in [4.69, 9.17) is 14.2 Å². The van der Waals surface area contributed by atoms with Gasteiger partial charge in [-0.25, -0.2) is 4.79 Å². The summed E-state index contributed by atoms with van der Waals surface area (Å²) in [5.74, 6) is -0.329. The van der Waals surface area contributed by atoms with Crippen molar-refractivity contribution in [1.29, 1.82) is 0 Å². The van der Waals surface area contributed by atoms with Crippen LogP contribution in [0.2, 0.25) is 0 Å². The lowest BCUT2D eigenvalue weighted by Gasteiger charge is -2.50. The fraction of sp³-hybridized carbons (Fsp3) is 0.435. The Morgan fingerprint density at radius 2 is 1.86 bits per heavy atom. The number of hydrogen-bond acceptors (Lipinski definition) is 5. The van der Waals surface area contributed by atoms with Crippen LogP contribution in [0.15, 0.2) is 52.4 Å². The summed E-state index contributed by atoms with van der Waals surface area (Å²) >= 11 is 1.64. The number of rotatable bonds is 1. The van der Waals surface area contributed by atoms with E-state index in [9.17, 15) is 4.79 Å². The van der Waals surface area contributed by atoms with E-state index in [-0.39, 0.29) is 5.97 Å². The summed E-state index contributed by atoms with van der Waals surface area (Å²) in [6.07, 6.45) is 6.16. The molecule has 1 unspecified atom stereocenters. The summed E-state index contributed by atoms with van der Waals surface area (Å²) in [5, 5.41) is 4.14. The Bertz CT molecular complexity index is 970. The molecule has 144 valence electrons. The molecule has 4 aliphatic rings. The summed E-state index contributed by atoms with van der Waals surface area (Å²) < 4.78 is 19.2. The summed E-state index contributed by atoms with van der Waals surface area (Å²) in [4.78, 5) is 13.2. The number of fused-ring (bicyclic) bond motifs is 5. The lowest BCUT2D eigenvalue weighted by atomic mass is 9.77. The lowest BCUT2D eigenvalue weighted by Crippen LogP contribution is -2.50. The highest BCUT2D eigenvalue weighted by Crippen LogP contribution is 2.55. The third-order valence-corrected chi connectivity index (χ3v) is 7.34. The zero-order valence-electron chi connectivity index (χ0n) is 15.6. The zero-order valence-corrected chi connectivity index (χ0v) is 16.4. The molecule has 4 nitrogen and oxygen atoms in total. The molecule has 2 bridgehead atoms. The highest BCUT2D eigenvalue weighted by Gasteiger charge is 2.55. The van der Waals surface area contributed by atoms with Gasteiger partial charge in [0.05, 0.1) is 0 Å². The van der Waals surface area contributed by atoms with Crippen LogP contribution in [0.4, 0.5) is 0 Å². The maximum absolute atomic E-state index is 13.2. The van der Waals surface area contributed by atoms with Gasteiger partial charge in [-0.05, 0) is 48.3 Å². The van der Waals surface area contributed by atoms with Gasteiger partial charge in [-0.3, -0.25) is 0 Å². The maximum atomic E-state index is 13.2. The molecule has 6 rings (SSSR count). The van der Waals surface area contributed by atoms with Crippen molar-refractivity contribution in [3.63, 3.8) is 0 Å². The Morgan fingerprint density at radius 3 is 2.68 bits per heavy atom. The average molecular weight is 394 g/mol. The van der Waals surface area contributed by atoms with Crippen LogP contribution in [0.3, 0.4) is 0 Å². The average Bonchev–Trinajstić information content (AvgIpc) is 3.23. The van der Waals surface area contributed by atoms with Crippen LogP contribution in [0.1, 0.15) is 61.3 Å². The number of thiophene rings is 1. The van der Waals surface area contributed by atoms with Gasteiger partial charge in [0.2, 0.25) is 5.79 Å². The minimum atomic E-state index is -0.856. The van der Waals surface area contributed by atoms with Crippen LogP contribution in [0.25, 0.3) is 0 Å². The highest BCUT2D eigenvalue weighted by atomic mass is 32.1. The Kier molecular flexibility index (Phi) is 3.57. The number of esters is 1. The standard InChI is InChI=1S/C23H22O4S/c24-21-19-18(13-22(27-21)9-4-1-5-10-22)25-23(16-8-11-28-14-16)12-15-6-2-3-7-17(15)20(19)26-23/h2-3,6-8,11,14,20H,1,4-5,9-10,12-13H2/t20?,23-/m0/s1. The predicted molar refractivity (Wildman–Crippen MR) is 105 cm³/mol. The second-order valence-corrected chi connectivity index (χ2v) is 9.17. The summed E-state index contributed by atoms with van der Waals surface area (Å²) in [7, 11) is 0. The van der Waals surface area contributed by atoms with Crippen molar-refractivity contribution in [2.75, 3.05) is 0 Å². The SMILES string of the molecule is O=C1OC2(CCCCC2)CC2=C1C1O[C@](c3ccsc3)(Cc3ccccc31)O2. The molecule has 1 aromatic carbocycles. The third-order valence-electron chi connectivity index (χ3n) is 6.66. The number of carbonyl (C=O) groups is 1. The Balaban J connectivity index is 1.51. The van der Waals surface area contributed by atoms with Gasteiger partial charge < -0.3 is 14.2 Å². The smallest absolute Gasteiger partial charge is 0.341 e. The fourth-order valence-corrected chi connectivity index (χ4v) is 6.00. The van der Waals surface area contributed by atoms with Crippen LogP contribution < -0.4 is 0 Å². The van der Waals surface area contributed by atoms with E-state index in [0.717, 1.165) is 42.6 Å². The molecule has 4 heterocycles. The van der Waals surface area contributed by atoms with Crippen LogP contribution in [-0.2, 0) is 31.2 Å². The van der Waals surface area contributed by atoms with Crippen molar-refractivity contribution in [3.05, 3.63) is 69.1 Å². The highest BCUT2D eigenvalue weighted by molar-refractivity contribution is 7.08. The Labute approximate surface area is 168 Å². The van der Waals surface area contributed by atoms with Gasteiger partial charge >= 0.3 is 5.97 Å². The van der Waals surface area contributed by atoms with Crippen LogP contribution in [0, 0.1) is 0 Å². The molecular weight excluding hydrogens is 372 g/mol. The molecule has 1 aliphatic carbocycles. The molecule has 0 amide bonds. The minimum absolute atomic E-state index is 0.260. The molecule has 1 saturated carbocycles. The van der Waals surface area contributed by atoms with Crippen molar-refractivity contribution in [2.24, 2.45) is 0 Å². The molecular formula is C23H22O4S. The first-order valence-electron chi connectivity index (χ1n) is 10.1. The molecule has 5 heteroatoms. The molecule has 0 N–H and O–H groups in total. The quantitative estimate of drug-likeness (QED) is 0.628. The van der Waals surface area contributed by atoms with E-state index in [1.54, 1.807) is 11.3 Å². The number of benzene rings is 1. The second kappa shape index (κ2) is 5.94. The van der Waals surface area contributed by atoms with Gasteiger partial charge in [-0.1, -0.05) is 30.7 Å². The van der Waals surface area contributed by atoms with Crippen molar-refractivity contribution < 1.29 is 19.0 Å². The Hall–Kier alpha value is -2.11. The van der Waals surface area contributed by atoms with Crippen LogP contribution in [0.5, 0.6) is 0 Å². The maximum Gasteiger partial charge on any atom is 0.341 e. The Morgan fingerprint density at radius 1 is 1.00 bits per heavy atom. The van der Waals surface area contributed by atoms with E-state index in [2.05, 4.69) is 23.6 Å². The lowest BCUT2D eigenvalue weighted by molar-refractivity contribution is -0.278. The number of carbonyl (C=O) groups excluding carboxylic acids is 1. The van der Waals surface area contributed by atoms with Gasteiger partial charge in [0.15, 0.2) is 0 Å². The van der Waals surface area contributed by atoms with Crippen molar-refractivity contribution >= 4 is 17.3 Å². The topological polar surface area (TPSA) is 44.8 Å². The number of ether oxygens (including phenoxy) is 3. The molecule has 0 radical (unpaired) electrons. The zero-order chi connectivity index (χ0) is 18.8. The van der Waals surface area contributed by atoms with E-state index >= 15 is 0 Å². The molecule has 3 aliphatic heterocycles. The molecule has 1 spiro atoms. The largest absolute Gasteiger partial charge is 0.461 e. The molecule has 2 atom stereocenters. The first kappa shape index (κ1) is 16.8. The second-order valence-electron chi connectivity index (χ2n) is 8.39. The predicted octanol–water partition coefficient (Wildman–Crippen LogP) is 5.15. The normalized spacial score (nSPS) is 30.3. The van der Waals surface area contributed by atoms with E-state index in [1.165, 1.54) is 12.0 Å². The van der Waals surface area contributed by atoms with Crippen molar-refractivity contribution in [3.8, 4) is 0 Å². The first-order valence-corrected chi connectivity index (χ1v) is 11.1. The monoisotopic (exact) mass is 394 g/mol. The van der Waals surface area contributed by atoms with E-state index in [0.29, 0.717) is 18.4 Å². The molecule has 2 aromatic rings. The van der Waals surface area contributed by atoms with Gasteiger partial charge in [0.1, 0.15) is 23.0 Å². The van der Waals surface area contributed by atoms with Gasteiger partial charge in [-0.15, -0.1) is 0 Å². The number of hydrogen-bond donors (Lipinski definition) is 0. The molecule has 1 aromatic heterocycles. The van der Waals surface area contributed by atoms with Crippen LogP contribution in [-0.4, -0.2) is 11.6 Å². The summed E-state index contributed by atoms with van der Waals surface area (Å²) in [5.41, 5.74) is 3.42. The molecule has 0 saturated heterocycles. The van der Waals surface area contributed by atoms with Gasteiger partial charge in [0.25, 0.3) is 0 Å².